The van der Waals surface area contributed by atoms with Crippen molar-refractivity contribution in [2.75, 3.05) is 26.4 Å². The van der Waals surface area contributed by atoms with Gasteiger partial charge in [-0.05, 0) is 40.0 Å². The molecule has 1 amide bonds. The van der Waals surface area contributed by atoms with Crippen molar-refractivity contribution in [3.8, 4) is 0 Å². The quantitative estimate of drug-likeness (QED) is 0.0827. The fourth-order valence-corrected chi connectivity index (χ4v) is 4.96. The Morgan fingerprint density at radius 3 is 1.93 bits per heavy atom. The second-order valence-electron chi connectivity index (χ2n) is 12.8. The number of carbonyl (C=O) groups is 4. The summed E-state index contributed by atoms with van der Waals surface area (Å²) in [5.41, 5.74) is -0.699. The van der Waals surface area contributed by atoms with E-state index in [2.05, 4.69) is 13.8 Å². The van der Waals surface area contributed by atoms with E-state index in [0.717, 1.165) is 51.4 Å². The molecular weight excluding hydrogens is 554 g/mol. The predicted octanol–water partition coefficient (Wildman–Crippen LogP) is 6.49. The van der Waals surface area contributed by atoms with Gasteiger partial charge in [-0.2, -0.15) is 0 Å². The van der Waals surface area contributed by atoms with Gasteiger partial charge < -0.3 is 24.1 Å². The van der Waals surface area contributed by atoms with Gasteiger partial charge in [0.25, 0.3) is 0 Å². The number of likely N-dealkylation sites (tertiary alicyclic amines) is 1. The van der Waals surface area contributed by atoms with Crippen LogP contribution in [0.15, 0.2) is 0 Å². The first kappa shape index (κ1) is 38.7. The first-order valence-corrected chi connectivity index (χ1v) is 16.6. The van der Waals surface area contributed by atoms with Crippen LogP contribution in [0.25, 0.3) is 0 Å². The summed E-state index contributed by atoms with van der Waals surface area (Å²) in [5, 5.41) is 10.1. The van der Waals surface area contributed by atoms with E-state index in [1.165, 1.54) is 30.6 Å². The summed E-state index contributed by atoms with van der Waals surface area (Å²) in [4.78, 5) is 51.6. The first-order valence-electron chi connectivity index (χ1n) is 16.6. The molecule has 0 aromatic rings. The Labute approximate surface area is 259 Å². The molecule has 0 aromatic heterocycles. The summed E-state index contributed by atoms with van der Waals surface area (Å²) in [5.74, 6) is -1.95. The highest BCUT2D eigenvalue weighted by molar-refractivity contribution is 5.74. The third-order valence-electron chi connectivity index (χ3n) is 7.34. The molecule has 0 aliphatic carbocycles. The van der Waals surface area contributed by atoms with Crippen LogP contribution in [0.1, 0.15) is 137 Å². The number of rotatable bonds is 22. The molecule has 3 atom stereocenters. The number of hydrogen-bond donors (Lipinski definition) is 1. The van der Waals surface area contributed by atoms with Gasteiger partial charge in [0.2, 0.25) is 0 Å². The maximum atomic E-state index is 12.8. The summed E-state index contributed by atoms with van der Waals surface area (Å²) in [6.07, 6.45) is 11.8. The molecular formula is C33H59NO9. The Kier molecular flexibility index (Phi) is 20.0. The molecule has 0 radical (unpaired) electrons. The van der Waals surface area contributed by atoms with Crippen LogP contribution in [0.5, 0.6) is 0 Å². The van der Waals surface area contributed by atoms with Gasteiger partial charge in [-0.3, -0.25) is 19.3 Å². The molecule has 0 aromatic carbocycles. The lowest BCUT2D eigenvalue weighted by Gasteiger charge is -2.28. The molecule has 0 saturated carbocycles. The molecule has 10 heteroatoms. The van der Waals surface area contributed by atoms with Crippen molar-refractivity contribution >= 4 is 24.0 Å². The van der Waals surface area contributed by atoms with Crippen LogP contribution in [0.3, 0.4) is 0 Å². The van der Waals surface area contributed by atoms with Crippen LogP contribution >= 0.6 is 0 Å². The Bertz CT molecular complexity index is 811. The number of carbonyl (C=O) groups excluding carboxylic acids is 4. The number of ether oxygens (including phenoxy) is 4. The molecule has 1 fully saturated rings. The summed E-state index contributed by atoms with van der Waals surface area (Å²) in [6.45, 7) is 9.82. The second-order valence-corrected chi connectivity index (χ2v) is 12.8. The van der Waals surface area contributed by atoms with E-state index in [-0.39, 0.29) is 45.0 Å². The van der Waals surface area contributed by atoms with Crippen LogP contribution in [-0.4, -0.2) is 78.1 Å². The summed E-state index contributed by atoms with van der Waals surface area (Å²) in [7, 11) is 0. The molecule has 43 heavy (non-hydrogen) atoms. The van der Waals surface area contributed by atoms with Crippen molar-refractivity contribution < 1.29 is 43.2 Å². The largest absolute Gasteiger partial charge is 0.466 e. The number of hydrogen-bond acceptors (Lipinski definition) is 9. The van der Waals surface area contributed by atoms with Crippen molar-refractivity contribution in [2.24, 2.45) is 5.92 Å². The minimum absolute atomic E-state index is 0.0680. The third kappa shape index (κ3) is 19.5. The van der Waals surface area contributed by atoms with Crippen molar-refractivity contribution in [1.29, 1.82) is 0 Å². The second kappa shape index (κ2) is 22.2. The number of aliphatic hydroxyl groups is 1. The van der Waals surface area contributed by atoms with E-state index in [0.29, 0.717) is 13.0 Å². The Morgan fingerprint density at radius 1 is 0.767 bits per heavy atom. The average molecular weight is 614 g/mol. The lowest BCUT2D eigenvalue weighted by atomic mass is 10.0. The Balaban J connectivity index is 2.61. The zero-order valence-electron chi connectivity index (χ0n) is 27.5. The molecule has 1 saturated heterocycles. The summed E-state index contributed by atoms with van der Waals surface area (Å²) >= 11 is 0. The van der Waals surface area contributed by atoms with Crippen LogP contribution in [0.2, 0.25) is 0 Å². The van der Waals surface area contributed by atoms with Crippen molar-refractivity contribution in [2.45, 2.75) is 155 Å². The van der Waals surface area contributed by atoms with Gasteiger partial charge in [0.05, 0.1) is 44.7 Å². The molecule has 0 bridgehead atoms. The molecule has 0 spiro atoms. The van der Waals surface area contributed by atoms with Crippen molar-refractivity contribution in [3.63, 3.8) is 0 Å². The average Bonchev–Trinajstić information content (AvgIpc) is 3.31. The minimum Gasteiger partial charge on any atom is -0.466 e. The van der Waals surface area contributed by atoms with E-state index in [9.17, 15) is 24.3 Å². The molecule has 250 valence electrons. The number of unbranched alkanes of at least 4 members (excludes halogenated alkanes) is 10. The molecule has 1 rings (SSSR count). The number of β-amino-alcohol motifs (C(OH)–C–C–N with tert-alkyl or cyclic N) is 1. The van der Waals surface area contributed by atoms with E-state index >= 15 is 0 Å². The first-order chi connectivity index (χ1) is 20.4. The maximum Gasteiger partial charge on any atom is 0.410 e. The Morgan fingerprint density at radius 2 is 1.33 bits per heavy atom. The zero-order chi connectivity index (χ0) is 32.1. The highest BCUT2D eigenvalue weighted by Crippen LogP contribution is 2.22. The number of esters is 3. The van der Waals surface area contributed by atoms with Gasteiger partial charge in [0, 0.05) is 12.3 Å². The lowest BCUT2D eigenvalue weighted by molar-refractivity contribution is -0.154. The number of aliphatic hydroxyl groups excluding tert-OH is 1. The van der Waals surface area contributed by atoms with Gasteiger partial charge in [-0.15, -0.1) is 0 Å². The monoisotopic (exact) mass is 613 g/mol. The summed E-state index contributed by atoms with van der Waals surface area (Å²) < 4.78 is 21.7. The highest BCUT2D eigenvalue weighted by atomic mass is 16.6. The molecule has 1 heterocycles. The fraction of sp³-hybridized carbons (Fsp3) is 0.879. The smallest absolute Gasteiger partial charge is 0.410 e. The molecule has 10 nitrogen and oxygen atoms in total. The van der Waals surface area contributed by atoms with Crippen LogP contribution in [0, 0.1) is 5.92 Å². The fourth-order valence-electron chi connectivity index (χ4n) is 4.96. The van der Waals surface area contributed by atoms with Crippen LogP contribution < -0.4 is 0 Å². The third-order valence-corrected chi connectivity index (χ3v) is 7.34. The maximum absolute atomic E-state index is 12.8. The standard InChI is InChI=1S/C33H59NO9/c1-6-8-10-12-14-16-18-29(36)41-24-26(20-30(37)40-19-17-15-13-11-9-7-2)21-31(38)42-25-27-22-28(35)23-34(27)32(39)43-33(3,4)5/h26-28,35H,6-25H2,1-5H3/t26?,27-,28+/m0/s1. The van der Waals surface area contributed by atoms with E-state index in [1.54, 1.807) is 20.8 Å². The Hall–Kier alpha value is -2.36. The molecule has 1 unspecified atom stereocenters. The number of nitrogens with zero attached hydrogens (tertiary/aromatic N) is 1. The normalized spacial score (nSPS) is 17.4. The van der Waals surface area contributed by atoms with Crippen molar-refractivity contribution in [3.05, 3.63) is 0 Å². The van der Waals surface area contributed by atoms with Gasteiger partial charge >= 0.3 is 24.0 Å². The molecule has 1 aliphatic heterocycles. The topological polar surface area (TPSA) is 129 Å². The molecule has 1 aliphatic rings. The highest BCUT2D eigenvalue weighted by Gasteiger charge is 2.37. The van der Waals surface area contributed by atoms with E-state index in [4.69, 9.17) is 18.9 Å². The zero-order valence-corrected chi connectivity index (χ0v) is 27.5. The number of amides is 1. The van der Waals surface area contributed by atoms with Gasteiger partial charge in [-0.1, -0.05) is 78.1 Å². The van der Waals surface area contributed by atoms with Crippen LogP contribution in [-0.2, 0) is 33.3 Å². The molecule has 1 N–H and O–H groups in total. The summed E-state index contributed by atoms with van der Waals surface area (Å²) in [6, 6.07) is -0.523. The minimum atomic E-state index is -0.739. The van der Waals surface area contributed by atoms with Crippen molar-refractivity contribution in [1.82, 2.24) is 4.90 Å². The van der Waals surface area contributed by atoms with E-state index < -0.39 is 41.7 Å². The predicted molar refractivity (Wildman–Crippen MR) is 164 cm³/mol. The van der Waals surface area contributed by atoms with Gasteiger partial charge in [-0.25, -0.2) is 4.79 Å². The van der Waals surface area contributed by atoms with E-state index in [1.807, 2.05) is 0 Å². The van der Waals surface area contributed by atoms with Gasteiger partial charge in [0.15, 0.2) is 0 Å². The lowest BCUT2D eigenvalue weighted by Crippen LogP contribution is -2.42. The van der Waals surface area contributed by atoms with Gasteiger partial charge in [0.1, 0.15) is 12.2 Å². The SMILES string of the molecule is CCCCCCCCOC(=O)CC(COC(=O)CCCCCCCC)CC(=O)OC[C@@H]1C[C@@H](O)CN1C(=O)OC(C)(C)C. The van der Waals surface area contributed by atoms with Crippen LogP contribution in [0.4, 0.5) is 4.79 Å².